The van der Waals surface area contributed by atoms with Gasteiger partial charge in [0, 0.05) is 11.6 Å². The quantitative estimate of drug-likeness (QED) is 0.619. The second kappa shape index (κ2) is 6.99. The number of benzene rings is 1. The molecule has 1 aromatic carbocycles. The smallest absolute Gasteiger partial charge is 0.125 e. The number of aliphatic hydroxyl groups excluding tert-OH is 1. The fourth-order valence-electron chi connectivity index (χ4n) is 1.86. The Balaban J connectivity index is 2.06. The molecule has 112 valence electrons. The van der Waals surface area contributed by atoms with Crippen molar-refractivity contribution in [2.24, 2.45) is 10.7 Å². The monoisotopic (exact) mass is 287 g/mol. The van der Waals surface area contributed by atoms with Crippen LogP contribution < -0.4 is 5.73 Å². The molecule has 21 heavy (non-hydrogen) atoms. The van der Waals surface area contributed by atoms with E-state index >= 15 is 0 Å². The summed E-state index contributed by atoms with van der Waals surface area (Å²) in [5.41, 5.74) is 8.57. The van der Waals surface area contributed by atoms with E-state index in [1.54, 1.807) is 10.9 Å². The first-order valence-electron chi connectivity index (χ1n) is 7.04. The van der Waals surface area contributed by atoms with E-state index in [-0.39, 0.29) is 12.6 Å². The number of nitrogens with zero attached hydrogens (tertiary/aromatic N) is 4. The number of aliphatic hydroxyl groups is 1. The van der Waals surface area contributed by atoms with Gasteiger partial charge in [-0.05, 0) is 18.9 Å². The van der Waals surface area contributed by atoms with Gasteiger partial charge in [0.15, 0.2) is 0 Å². The zero-order valence-corrected chi connectivity index (χ0v) is 12.4. The van der Waals surface area contributed by atoms with Crippen molar-refractivity contribution in [1.82, 2.24) is 15.0 Å². The van der Waals surface area contributed by atoms with Crippen molar-refractivity contribution in [2.75, 3.05) is 0 Å². The van der Waals surface area contributed by atoms with Crippen molar-refractivity contribution >= 4 is 5.84 Å². The zero-order chi connectivity index (χ0) is 15.2. The number of amidine groups is 1. The molecule has 1 unspecified atom stereocenters. The van der Waals surface area contributed by atoms with Crippen LogP contribution in [0.2, 0.25) is 0 Å². The predicted molar refractivity (Wildman–Crippen MR) is 82.0 cm³/mol. The SMILES string of the molecule is CCC(C)N=C(N)c1ccc(Cn2cc(CO)nn2)cc1. The van der Waals surface area contributed by atoms with Crippen LogP contribution in [0.1, 0.15) is 37.1 Å². The van der Waals surface area contributed by atoms with Gasteiger partial charge in [-0.3, -0.25) is 4.99 Å². The number of aliphatic imine (C=N–C) groups is 1. The molecule has 2 aromatic rings. The van der Waals surface area contributed by atoms with Crippen molar-refractivity contribution in [2.45, 2.75) is 39.5 Å². The molecule has 6 heteroatoms. The second-order valence-corrected chi connectivity index (χ2v) is 5.03. The predicted octanol–water partition coefficient (Wildman–Crippen LogP) is 1.32. The van der Waals surface area contributed by atoms with Gasteiger partial charge in [0.25, 0.3) is 0 Å². The summed E-state index contributed by atoms with van der Waals surface area (Å²) in [5.74, 6) is 0.569. The molecule has 0 spiro atoms. The van der Waals surface area contributed by atoms with Crippen LogP contribution in [0.25, 0.3) is 0 Å². The summed E-state index contributed by atoms with van der Waals surface area (Å²) < 4.78 is 1.69. The average molecular weight is 287 g/mol. The minimum atomic E-state index is -0.0957. The van der Waals surface area contributed by atoms with E-state index in [1.807, 2.05) is 31.2 Å². The maximum atomic E-state index is 8.96. The van der Waals surface area contributed by atoms with Crippen LogP contribution >= 0.6 is 0 Å². The number of aromatic nitrogens is 3. The lowest BCUT2D eigenvalue weighted by Crippen LogP contribution is -2.16. The molecule has 0 aliphatic heterocycles. The first-order chi connectivity index (χ1) is 10.1. The van der Waals surface area contributed by atoms with Gasteiger partial charge in [0.1, 0.15) is 11.5 Å². The summed E-state index contributed by atoms with van der Waals surface area (Å²) in [6.07, 6.45) is 2.70. The molecule has 0 bridgehead atoms. The largest absolute Gasteiger partial charge is 0.390 e. The maximum absolute atomic E-state index is 8.96. The Morgan fingerprint density at radius 1 is 1.38 bits per heavy atom. The van der Waals surface area contributed by atoms with Crippen molar-refractivity contribution in [3.8, 4) is 0 Å². The highest BCUT2D eigenvalue weighted by Gasteiger charge is 2.03. The Morgan fingerprint density at radius 3 is 2.67 bits per heavy atom. The standard InChI is InChI=1S/C15H21N5O/c1-3-11(2)17-15(16)13-6-4-12(5-7-13)8-20-9-14(10-21)18-19-20/h4-7,9,11,21H,3,8,10H2,1-2H3,(H2,16,17). The van der Waals surface area contributed by atoms with Crippen LogP contribution in [0.5, 0.6) is 0 Å². The van der Waals surface area contributed by atoms with Gasteiger partial charge in [-0.15, -0.1) is 5.10 Å². The lowest BCUT2D eigenvalue weighted by molar-refractivity contribution is 0.276. The molecule has 1 aromatic heterocycles. The molecular weight excluding hydrogens is 266 g/mol. The third kappa shape index (κ3) is 4.13. The highest BCUT2D eigenvalue weighted by atomic mass is 16.3. The topological polar surface area (TPSA) is 89.3 Å². The van der Waals surface area contributed by atoms with E-state index < -0.39 is 0 Å². The summed E-state index contributed by atoms with van der Waals surface area (Å²) in [5, 5.41) is 16.8. The van der Waals surface area contributed by atoms with E-state index in [0.717, 1.165) is 17.5 Å². The molecule has 0 aliphatic rings. The van der Waals surface area contributed by atoms with E-state index in [0.29, 0.717) is 18.1 Å². The highest BCUT2D eigenvalue weighted by molar-refractivity contribution is 5.97. The van der Waals surface area contributed by atoms with Crippen LogP contribution in [0.3, 0.4) is 0 Å². The molecule has 0 saturated heterocycles. The summed E-state index contributed by atoms with van der Waals surface area (Å²) >= 11 is 0. The average Bonchev–Trinajstić information content (AvgIpc) is 2.95. The molecule has 0 radical (unpaired) electrons. The van der Waals surface area contributed by atoms with Crippen LogP contribution in [0.15, 0.2) is 35.5 Å². The summed E-state index contributed by atoms with van der Waals surface area (Å²) in [7, 11) is 0. The minimum absolute atomic E-state index is 0.0957. The van der Waals surface area contributed by atoms with E-state index in [1.165, 1.54) is 0 Å². The Morgan fingerprint density at radius 2 is 2.10 bits per heavy atom. The Kier molecular flexibility index (Phi) is 5.05. The first-order valence-corrected chi connectivity index (χ1v) is 7.04. The fourth-order valence-corrected chi connectivity index (χ4v) is 1.86. The van der Waals surface area contributed by atoms with Crippen molar-refractivity contribution < 1.29 is 5.11 Å². The van der Waals surface area contributed by atoms with Crippen LogP contribution in [-0.2, 0) is 13.2 Å². The lowest BCUT2D eigenvalue weighted by atomic mass is 10.1. The molecule has 0 fully saturated rings. The number of hydrogen-bond donors (Lipinski definition) is 2. The second-order valence-electron chi connectivity index (χ2n) is 5.03. The maximum Gasteiger partial charge on any atom is 0.125 e. The van der Waals surface area contributed by atoms with Gasteiger partial charge in [-0.2, -0.15) is 0 Å². The molecular formula is C15H21N5O. The lowest BCUT2D eigenvalue weighted by Gasteiger charge is -2.07. The molecule has 1 heterocycles. The van der Waals surface area contributed by atoms with Crippen molar-refractivity contribution in [1.29, 1.82) is 0 Å². The Bertz CT molecular complexity index is 603. The molecule has 3 N–H and O–H groups in total. The van der Waals surface area contributed by atoms with Crippen LogP contribution in [-0.4, -0.2) is 32.0 Å². The molecule has 2 rings (SSSR count). The Labute approximate surface area is 124 Å². The third-order valence-electron chi connectivity index (χ3n) is 3.29. The van der Waals surface area contributed by atoms with Crippen LogP contribution in [0, 0.1) is 0 Å². The van der Waals surface area contributed by atoms with Gasteiger partial charge in [0.2, 0.25) is 0 Å². The summed E-state index contributed by atoms with van der Waals surface area (Å²) in [6.45, 7) is 4.64. The van der Waals surface area contributed by atoms with E-state index in [4.69, 9.17) is 10.8 Å². The van der Waals surface area contributed by atoms with Gasteiger partial charge in [-0.1, -0.05) is 36.4 Å². The number of rotatable bonds is 6. The highest BCUT2D eigenvalue weighted by Crippen LogP contribution is 2.07. The molecule has 0 aliphatic carbocycles. The zero-order valence-electron chi connectivity index (χ0n) is 12.4. The normalized spacial score (nSPS) is 13.4. The van der Waals surface area contributed by atoms with Gasteiger partial charge in [0.05, 0.1) is 19.3 Å². The van der Waals surface area contributed by atoms with Crippen LogP contribution in [0.4, 0.5) is 0 Å². The molecule has 6 nitrogen and oxygen atoms in total. The van der Waals surface area contributed by atoms with Gasteiger partial charge >= 0.3 is 0 Å². The summed E-state index contributed by atoms with van der Waals surface area (Å²) in [4.78, 5) is 4.43. The number of nitrogens with two attached hydrogens (primary N) is 1. The van der Waals surface area contributed by atoms with E-state index in [2.05, 4.69) is 22.2 Å². The molecule has 0 saturated carbocycles. The molecule has 0 amide bonds. The Hall–Kier alpha value is -2.21. The number of hydrogen-bond acceptors (Lipinski definition) is 4. The summed E-state index contributed by atoms with van der Waals surface area (Å²) in [6, 6.07) is 8.14. The van der Waals surface area contributed by atoms with Crippen molar-refractivity contribution in [3.05, 3.63) is 47.3 Å². The third-order valence-corrected chi connectivity index (χ3v) is 3.29. The van der Waals surface area contributed by atoms with Gasteiger partial charge in [-0.25, -0.2) is 4.68 Å². The first kappa shape index (κ1) is 15.2. The minimum Gasteiger partial charge on any atom is -0.390 e. The van der Waals surface area contributed by atoms with Gasteiger partial charge < -0.3 is 10.8 Å². The molecule has 1 atom stereocenters. The van der Waals surface area contributed by atoms with E-state index in [9.17, 15) is 0 Å². The van der Waals surface area contributed by atoms with Crippen molar-refractivity contribution in [3.63, 3.8) is 0 Å². The fraction of sp³-hybridized carbons (Fsp3) is 0.400.